The third-order valence-corrected chi connectivity index (χ3v) is 6.76. The summed E-state index contributed by atoms with van der Waals surface area (Å²) in [6.45, 7) is 3.43. The average Bonchev–Trinajstić information content (AvgIpc) is 2.90. The first-order valence-electron chi connectivity index (χ1n) is 11.8. The molecule has 1 unspecified atom stereocenters. The molecule has 1 fully saturated rings. The minimum absolute atomic E-state index is 0.0381. The second-order valence-electron chi connectivity index (χ2n) is 8.97. The van der Waals surface area contributed by atoms with E-state index in [1.54, 1.807) is 12.0 Å². The lowest BCUT2D eigenvalue weighted by Gasteiger charge is -2.49. The van der Waals surface area contributed by atoms with Crippen LogP contribution in [0.25, 0.3) is 0 Å². The fourth-order valence-electron chi connectivity index (χ4n) is 4.95. The highest BCUT2D eigenvalue weighted by atomic mass is 16.5. The fraction of sp³-hybridized carbons (Fsp3) is 0.321. The quantitative estimate of drug-likeness (QED) is 0.569. The number of methoxy groups -OCH3 is 1. The molecule has 176 valence electrons. The summed E-state index contributed by atoms with van der Waals surface area (Å²) in [5.41, 5.74) is 3.28. The van der Waals surface area contributed by atoms with E-state index in [0.29, 0.717) is 13.2 Å². The number of likely N-dealkylation sites (N-methyl/N-ethyl adjacent to an activating group) is 1. The third-order valence-electron chi connectivity index (χ3n) is 6.76. The van der Waals surface area contributed by atoms with Crippen LogP contribution in [0.4, 0.5) is 4.79 Å². The molecule has 0 spiro atoms. The standard InChI is InChI=1S/C28H31N3O3/c1-29-16-17-34-26-15-9-7-13-24(26)27(21-10-4-3-5-11-21)31(28(29)32)23-19-30(20-23)18-22-12-6-8-14-25(22)33-2/h3-15,23,27H,16-20H2,1-2H3. The molecule has 0 N–H and O–H groups in total. The number of carbonyl (C=O) groups is 1. The highest BCUT2D eigenvalue weighted by molar-refractivity contribution is 5.76. The van der Waals surface area contributed by atoms with Crippen LogP contribution in [0.2, 0.25) is 0 Å². The number of fused-ring (bicyclic) bond motifs is 1. The van der Waals surface area contributed by atoms with Gasteiger partial charge in [0.05, 0.1) is 25.7 Å². The number of hydrogen-bond donors (Lipinski definition) is 0. The van der Waals surface area contributed by atoms with Crippen molar-refractivity contribution in [2.45, 2.75) is 18.6 Å². The lowest BCUT2D eigenvalue weighted by molar-refractivity contribution is 0.0252. The summed E-state index contributed by atoms with van der Waals surface area (Å²) in [5.74, 6) is 1.74. The number of ether oxygens (including phenoxy) is 2. The van der Waals surface area contributed by atoms with Gasteiger partial charge in [-0.15, -0.1) is 0 Å². The van der Waals surface area contributed by atoms with E-state index in [4.69, 9.17) is 9.47 Å². The maximum atomic E-state index is 13.8. The van der Waals surface area contributed by atoms with Gasteiger partial charge in [0.15, 0.2) is 0 Å². The molecule has 3 aromatic carbocycles. The van der Waals surface area contributed by atoms with Gasteiger partial charge in [-0.2, -0.15) is 0 Å². The fourth-order valence-corrected chi connectivity index (χ4v) is 4.95. The van der Waals surface area contributed by atoms with Gasteiger partial charge in [0.1, 0.15) is 18.1 Å². The maximum absolute atomic E-state index is 13.8. The van der Waals surface area contributed by atoms with Gasteiger partial charge in [0, 0.05) is 37.8 Å². The van der Waals surface area contributed by atoms with Crippen molar-refractivity contribution >= 4 is 6.03 Å². The summed E-state index contributed by atoms with van der Waals surface area (Å²) >= 11 is 0. The van der Waals surface area contributed by atoms with Crippen LogP contribution in [0, 0.1) is 0 Å². The maximum Gasteiger partial charge on any atom is 0.320 e. The van der Waals surface area contributed by atoms with Gasteiger partial charge in [-0.05, 0) is 17.7 Å². The van der Waals surface area contributed by atoms with Crippen LogP contribution in [-0.4, -0.2) is 67.2 Å². The Bertz CT molecular complexity index is 1130. The zero-order chi connectivity index (χ0) is 23.5. The van der Waals surface area contributed by atoms with Gasteiger partial charge < -0.3 is 19.3 Å². The molecule has 0 saturated carbocycles. The summed E-state index contributed by atoms with van der Waals surface area (Å²) in [7, 11) is 3.57. The van der Waals surface area contributed by atoms with E-state index in [1.165, 1.54) is 0 Å². The summed E-state index contributed by atoms with van der Waals surface area (Å²) in [6.07, 6.45) is 0. The van der Waals surface area contributed by atoms with Crippen molar-refractivity contribution in [2.24, 2.45) is 0 Å². The number of likely N-dealkylation sites (tertiary alicyclic amines) is 1. The van der Waals surface area contributed by atoms with Crippen molar-refractivity contribution in [1.29, 1.82) is 0 Å². The number of rotatable bonds is 5. The Hall–Kier alpha value is -3.51. The van der Waals surface area contributed by atoms with E-state index in [-0.39, 0.29) is 18.1 Å². The van der Waals surface area contributed by atoms with Crippen LogP contribution in [0.15, 0.2) is 78.9 Å². The van der Waals surface area contributed by atoms with Crippen LogP contribution in [0.3, 0.4) is 0 Å². The van der Waals surface area contributed by atoms with E-state index in [2.05, 4.69) is 34.1 Å². The summed E-state index contributed by atoms with van der Waals surface area (Å²) in [4.78, 5) is 20.0. The molecular weight excluding hydrogens is 426 g/mol. The van der Waals surface area contributed by atoms with Crippen LogP contribution < -0.4 is 9.47 Å². The van der Waals surface area contributed by atoms with Crippen molar-refractivity contribution in [2.75, 3.05) is 40.4 Å². The first kappa shape index (κ1) is 22.3. The van der Waals surface area contributed by atoms with Gasteiger partial charge in [0.2, 0.25) is 0 Å². The van der Waals surface area contributed by atoms with E-state index < -0.39 is 0 Å². The number of para-hydroxylation sites is 2. The number of benzene rings is 3. The minimum atomic E-state index is -0.219. The van der Waals surface area contributed by atoms with Gasteiger partial charge >= 0.3 is 6.03 Å². The molecule has 2 aliphatic heterocycles. The van der Waals surface area contributed by atoms with Crippen molar-refractivity contribution in [3.05, 3.63) is 95.6 Å². The summed E-state index contributed by atoms with van der Waals surface area (Å²) < 4.78 is 11.7. The first-order valence-corrected chi connectivity index (χ1v) is 11.8. The van der Waals surface area contributed by atoms with E-state index in [9.17, 15) is 4.79 Å². The van der Waals surface area contributed by atoms with Gasteiger partial charge in [-0.3, -0.25) is 4.90 Å². The van der Waals surface area contributed by atoms with Crippen LogP contribution in [0.1, 0.15) is 22.7 Å². The first-order chi connectivity index (χ1) is 16.7. The molecule has 1 atom stereocenters. The number of urea groups is 1. The molecule has 0 radical (unpaired) electrons. The Kier molecular flexibility index (Phi) is 6.41. The van der Waals surface area contributed by atoms with Crippen molar-refractivity contribution < 1.29 is 14.3 Å². The molecule has 2 heterocycles. The Balaban J connectivity index is 1.47. The number of carbonyl (C=O) groups excluding carboxylic acids is 1. The largest absolute Gasteiger partial charge is 0.496 e. The highest BCUT2D eigenvalue weighted by Crippen LogP contribution is 2.39. The normalized spacial score (nSPS) is 19.4. The van der Waals surface area contributed by atoms with Gasteiger partial charge in [-0.25, -0.2) is 4.79 Å². The molecule has 5 rings (SSSR count). The molecule has 0 aliphatic carbocycles. The summed E-state index contributed by atoms with van der Waals surface area (Å²) in [6, 6.07) is 26.4. The second kappa shape index (κ2) is 9.77. The van der Waals surface area contributed by atoms with Gasteiger partial charge in [0.25, 0.3) is 0 Å². The van der Waals surface area contributed by atoms with E-state index in [1.807, 2.05) is 61.6 Å². The molecule has 3 aromatic rings. The zero-order valence-electron chi connectivity index (χ0n) is 19.8. The molecule has 0 aromatic heterocycles. The van der Waals surface area contributed by atoms with Crippen molar-refractivity contribution in [1.82, 2.24) is 14.7 Å². The number of amides is 2. The second-order valence-corrected chi connectivity index (χ2v) is 8.97. The van der Waals surface area contributed by atoms with Crippen molar-refractivity contribution in [3.8, 4) is 11.5 Å². The number of hydrogen-bond acceptors (Lipinski definition) is 4. The lowest BCUT2D eigenvalue weighted by Crippen LogP contribution is -2.62. The van der Waals surface area contributed by atoms with Gasteiger partial charge in [-0.1, -0.05) is 66.7 Å². The average molecular weight is 458 g/mol. The summed E-state index contributed by atoms with van der Waals surface area (Å²) in [5, 5.41) is 0. The predicted molar refractivity (Wildman–Crippen MR) is 132 cm³/mol. The smallest absolute Gasteiger partial charge is 0.320 e. The molecule has 34 heavy (non-hydrogen) atoms. The molecule has 2 amide bonds. The highest BCUT2D eigenvalue weighted by Gasteiger charge is 2.42. The number of nitrogens with zero attached hydrogens (tertiary/aromatic N) is 3. The molecule has 0 bridgehead atoms. The topological polar surface area (TPSA) is 45.2 Å². The van der Waals surface area contributed by atoms with Crippen LogP contribution in [-0.2, 0) is 6.54 Å². The zero-order valence-corrected chi connectivity index (χ0v) is 19.8. The molecule has 1 saturated heterocycles. The minimum Gasteiger partial charge on any atom is -0.496 e. The molecule has 6 nitrogen and oxygen atoms in total. The Morgan fingerprint density at radius 1 is 0.941 bits per heavy atom. The lowest BCUT2D eigenvalue weighted by atomic mass is 9.93. The molecule has 2 aliphatic rings. The van der Waals surface area contributed by atoms with Crippen molar-refractivity contribution in [3.63, 3.8) is 0 Å². The monoisotopic (exact) mass is 457 g/mol. The SMILES string of the molecule is COc1ccccc1CN1CC(N2C(=O)N(C)CCOc3ccccc3C2c2ccccc2)C1. The van der Waals surface area contributed by atoms with E-state index in [0.717, 1.165) is 47.8 Å². The Labute approximate surface area is 201 Å². The molecular formula is C28H31N3O3. The third kappa shape index (κ3) is 4.33. The van der Waals surface area contributed by atoms with Crippen LogP contribution in [0.5, 0.6) is 11.5 Å². The Morgan fingerprint density at radius 3 is 2.44 bits per heavy atom. The molecule has 6 heteroatoms. The van der Waals surface area contributed by atoms with E-state index >= 15 is 0 Å². The van der Waals surface area contributed by atoms with Crippen LogP contribution >= 0.6 is 0 Å². The Morgan fingerprint density at radius 2 is 1.65 bits per heavy atom. The predicted octanol–water partition coefficient (Wildman–Crippen LogP) is 4.42.